The molecule has 2 rings (SSSR count). The number of hydrogen-bond acceptors (Lipinski definition) is 0. The van der Waals surface area contributed by atoms with Crippen molar-refractivity contribution in [3.8, 4) is 0 Å². The molecule has 0 fully saturated rings. The van der Waals surface area contributed by atoms with Crippen LogP contribution in [0.5, 0.6) is 0 Å². The highest BCUT2D eigenvalue weighted by Crippen LogP contribution is 2.21. The van der Waals surface area contributed by atoms with Gasteiger partial charge in [-0.2, -0.15) is 0 Å². The van der Waals surface area contributed by atoms with Crippen molar-refractivity contribution >= 4 is 12.2 Å². The molecular weight excluding hydrogens is 96.1 g/mol. The zero-order valence-electron chi connectivity index (χ0n) is 4.46. The summed E-state index contributed by atoms with van der Waals surface area (Å²) in [5.41, 5.74) is 2.74. The lowest BCUT2D eigenvalue weighted by atomic mass is 9.99. The van der Waals surface area contributed by atoms with Crippen molar-refractivity contribution in [3.05, 3.63) is 35.4 Å². The first kappa shape index (κ1) is 3.90. The van der Waals surface area contributed by atoms with Crippen LogP contribution in [-0.2, 0) is 0 Å². The third kappa shape index (κ3) is 0.348. The molecular formula is C8H6. The molecule has 1 aromatic carbocycles. The van der Waals surface area contributed by atoms with E-state index >= 15 is 0 Å². The van der Waals surface area contributed by atoms with Gasteiger partial charge in [0.1, 0.15) is 0 Å². The van der Waals surface area contributed by atoms with Gasteiger partial charge in [-0.25, -0.2) is 0 Å². The van der Waals surface area contributed by atoms with Gasteiger partial charge in [-0.15, -0.1) is 0 Å². The fraction of sp³-hybridized carbons (Fsp3) is 0. The summed E-state index contributed by atoms with van der Waals surface area (Å²) in [7, 11) is 0. The van der Waals surface area contributed by atoms with Crippen molar-refractivity contribution in [1.29, 1.82) is 0 Å². The van der Waals surface area contributed by atoms with Gasteiger partial charge in [0.05, 0.1) is 0 Å². The summed E-state index contributed by atoms with van der Waals surface area (Å²) < 4.78 is 0. The predicted molar refractivity (Wildman–Crippen MR) is 35.4 cm³/mol. The minimum atomic E-state index is 1.37. The minimum absolute atomic E-state index is 1.37. The predicted octanol–water partition coefficient (Wildman–Crippen LogP) is 2.17. The Labute approximate surface area is 48.5 Å². The molecule has 0 amide bonds. The van der Waals surface area contributed by atoms with Crippen LogP contribution in [0.2, 0.25) is 0 Å². The Balaban J connectivity index is 2.69. The maximum atomic E-state index is 2.12. The molecule has 0 aliphatic heterocycles. The van der Waals surface area contributed by atoms with Gasteiger partial charge < -0.3 is 0 Å². The van der Waals surface area contributed by atoms with Crippen LogP contribution in [0.1, 0.15) is 11.1 Å². The molecule has 1 aliphatic carbocycles. The first-order valence-electron chi connectivity index (χ1n) is 2.74. The molecule has 1 aromatic rings. The van der Waals surface area contributed by atoms with E-state index < -0.39 is 0 Å². The number of fused-ring (bicyclic) bond motifs is 1. The van der Waals surface area contributed by atoms with Crippen molar-refractivity contribution < 1.29 is 0 Å². The molecule has 0 N–H and O–H groups in total. The summed E-state index contributed by atoms with van der Waals surface area (Å²) in [5, 5.41) is 0. The summed E-state index contributed by atoms with van der Waals surface area (Å²) in [4.78, 5) is 0. The van der Waals surface area contributed by atoms with E-state index in [9.17, 15) is 0 Å². The topological polar surface area (TPSA) is 0 Å². The second-order valence-electron chi connectivity index (χ2n) is 1.96. The highest BCUT2D eigenvalue weighted by molar-refractivity contribution is 5.85. The van der Waals surface area contributed by atoms with Crippen LogP contribution in [-0.4, -0.2) is 0 Å². The van der Waals surface area contributed by atoms with E-state index in [1.165, 1.54) is 11.1 Å². The van der Waals surface area contributed by atoms with E-state index in [0.29, 0.717) is 0 Å². The highest BCUT2D eigenvalue weighted by atomic mass is 14.0. The van der Waals surface area contributed by atoms with E-state index in [-0.39, 0.29) is 0 Å². The van der Waals surface area contributed by atoms with Crippen LogP contribution in [0.4, 0.5) is 0 Å². The van der Waals surface area contributed by atoms with Gasteiger partial charge >= 0.3 is 0 Å². The van der Waals surface area contributed by atoms with Crippen molar-refractivity contribution in [2.45, 2.75) is 0 Å². The van der Waals surface area contributed by atoms with Crippen molar-refractivity contribution in [1.82, 2.24) is 0 Å². The van der Waals surface area contributed by atoms with Gasteiger partial charge in [-0.1, -0.05) is 36.4 Å². The monoisotopic (exact) mass is 102 g/mol. The smallest absolute Gasteiger partial charge is 0.0184 e. The average Bonchev–Trinajstić information content (AvgIpc) is 1.72. The van der Waals surface area contributed by atoms with Gasteiger partial charge in [0.25, 0.3) is 0 Å². The van der Waals surface area contributed by atoms with E-state index in [0.717, 1.165) is 0 Å². The lowest BCUT2D eigenvalue weighted by Gasteiger charge is -2.06. The quantitative estimate of drug-likeness (QED) is 0.478. The fourth-order valence-electron chi connectivity index (χ4n) is 0.898. The average molecular weight is 102 g/mol. The van der Waals surface area contributed by atoms with Crippen molar-refractivity contribution in [2.24, 2.45) is 0 Å². The zero-order valence-corrected chi connectivity index (χ0v) is 4.46. The Bertz CT molecular complexity index is 209. The summed E-state index contributed by atoms with van der Waals surface area (Å²) in [6.45, 7) is 0. The van der Waals surface area contributed by atoms with Gasteiger partial charge in [0.15, 0.2) is 0 Å². The van der Waals surface area contributed by atoms with Crippen LogP contribution >= 0.6 is 0 Å². The third-order valence-electron chi connectivity index (χ3n) is 1.44. The molecule has 0 atom stereocenters. The van der Waals surface area contributed by atoms with Crippen molar-refractivity contribution in [3.63, 3.8) is 0 Å². The molecule has 0 heteroatoms. The molecule has 0 saturated heterocycles. The minimum Gasteiger partial charge on any atom is -0.0616 e. The first-order chi connectivity index (χ1) is 3.97. The summed E-state index contributed by atoms with van der Waals surface area (Å²) in [5.74, 6) is 0. The summed E-state index contributed by atoms with van der Waals surface area (Å²) >= 11 is 0. The molecule has 0 unspecified atom stereocenters. The number of hydrogen-bond donors (Lipinski definition) is 0. The lowest BCUT2D eigenvalue weighted by Crippen LogP contribution is -1.85. The van der Waals surface area contributed by atoms with Crippen LogP contribution in [0.25, 0.3) is 12.2 Å². The fourth-order valence-corrected chi connectivity index (χ4v) is 0.898. The molecule has 0 saturated carbocycles. The molecule has 0 spiro atoms. The molecule has 0 heterocycles. The highest BCUT2D eigenvalue weighted by Gasteiger charge is 1.99. The molecule has 0 bridgehead atoms. The van der Waals surface area contributed by atoms with Gasteiger partial charge in [-0.05, 0) is 11.1 Å². The largest absolute Gasteiger partial charge is 0.0616 e. The Morgan fingerprint density at radius 2 is 1.25 bits per heavy atom. The molecule has 0 aromatic heterocycles. The van der Waals surface area contributed by atoms with Crippen LogP contribution < -0.4 is 0 Å². The molecule has 8 heavy (non-hydrogen) atoms. The second-order valence-corrected chi connectivity index (χ2v) is 1.96. The second kappa shape index (κ2) is 1.22. The number of rotatable bonds is 0. The van der Waals surface area contributed by atoms with Crippen LogP contribution in [0.15, 0.2) is 24.3 Å². The molecule has 1 aliphatic rings. The van der Waals surface area contributed by atoms with Gasteiger partial charge in [0, 0.05) is 0 Å². The van der Waals surface area contributed by atoms with E-state index in [1.54, 1.807) is 0 Å². The Morgan fingerprint density at radius 3 is 1.50 bits per heavy atom. The SMILES string of the molecule is C1=Cc2ccccc21. The molecule has 0 nitrogen and oxygen atoms in total. The molecule has 0 radical (unpaired) electrons. The molecule has 38 valence electrons. The van der Waals surface area contributed by atoms with Gasteiger partial charge in [0.2, 0.25) is 0 Å². The zero-order chi connectivity index (χ0) is 5.40. The Hall–Kier alpha value is -1.04. The van der Waals surface area contributed by atoms with Crippen molar-refractivity contribution in [2.75, 3.05) is 0 Å². The lowest BCUT2D eigenvalue weighted by molar-refractivity contribution is 1.58. The van der Waals surface area contributed by atoms with Crippen LogP contribution in [0.3, 0.4) is 0 Å². The summed E-state index contributed by atoms with van der Waals surface area (Å²) in [6.07, 6.45) is 4.24. The van der Waals surface area contributed by atoms with E-state index in [1.807, 2.05) is 0 Å². The van der Waals surface area contributed by atoms with Crippen LogP contribution in [0, 0.1) is 0 Å². The van der Waals surface area contributed by atoms with E-state index in [2.05, 4.69) is 36.4 Å². The maximum absolute atomic E-state index is 2.12. The Morgan fingerprint density at radius 1 is 0.750 bits per heavy atom. The normalized spacial score (nSPS) is 12.5. The van der Waals surface area contributed by atoms with Gasteiger partial charge in [-0.3, -0.25) is 0 Å². The summed E-state index contributed by atoms with van der Waals surface area (Å²) in [6, 6.07) is 8.36. The Kier molecular flexibility index (Phi) is 0.595. The maximum Gasteiger partial charge on any atom is -0.0184 e. The standard InChI is InChI=1S/C8H6/c1-2-4-8-6-5-7(8)3-1/h1-6H. The van der Waals surface area contributed by atoms with E-state index in [4.69, 9.17) is 0 Å². The third-order valence-corrected chi connectivity index (χ3v) is 1.44. The number of benzene rings is 1. The first-order valence-corrected chi connectivity index (χ1v) is 2.74.